The van der Waals surface area contributed by atoms with Gasteiger partial charge in [0, 0.05) is 19.4 Å². The molecular weight excluding hydrogens is 286 g/mol. The molecule has 0 heterocycles. The van der Waals surface area contributed by atoms with E-state index in [1.807, 2.05) is 12.2 Å². The second-order valence-electron chi connectivity index (χ2n) is 6.13. The van der Waals surface area contributed by atoms with Gasteiger partial charge in [0.25, 0.3) is 0 Å². The summed E-state index contributed by atoms with van der Waals surface area (Å²) in [5.74, 6) is 0.156. The van der Waals surface area contributed by atoms with Gasteiger partial charge in [-0.3, -0.25) is 4.79 Å². The molecule has 0 spiro atoms. The Kier molecular flexibility index (Phi) is 12.3. The lowest BCUT2D eigenvalue weighted by molar-refractivity contribution is -0.121. The van der Waals surface area contributed by atoms with Gasteiger partial charge in [-0.25, -0.2) is 0 Å². The number of hydrogen-bond acceptors (Lipinski definition) is 2. The van der Waals surface area contributed by atoms with Crippen molar-refractivity contribution in [2.45, 2.75) is 71.1 Å². The molecule has 1 rings (SSSR count). The lowest BCUT2D eigenvalue weighted by Gasteiger charge is -2.06. The van der Waals surface area contributed by atoms with Crippen LogP contribution >= 0.6 is 0 Å². The molecule has 1 aliphatic rings. The van der Waals surface area contributed by atoms with Gasteiger partial charge in [-0.05, 0) is 18.1 Å². The van der Waals surface area contributed by atoms with E-state index in [1.54, 1.807) is 0 Å². The van der Waals surface area contributed by atoms with E-state index in [0.29, 0.717) is 26.2 Å². The van der Waals surface area contributed by atoms with Crippen LogP contribution in [0.4, 0.5) is 0 Å². The van der Waals surface area contributed by atoms with E-state index in [1.165, 1.54) is 50.5 Å². The molecule has 0 saturated heterocycles. The normalized spacial score (nSPS) is 12.7. The maximum absolute atomic E-state index is 11.7. The minimum Gasteiger partial charge on any atom is -0.379 e. The molecule has 1 N–H and O–H groups in total. The Balaban J connectivity index is 1.79. The van der Waals surface area contributed by atoms with Crippen LogP contribution in [0.2, 0.25) is 0 Å². The highest BCUT2D eigenvalue weighted by Crippen LogP contribution is 2.09. The van der Waals surface area contributed by atoms with Crippen LogP contribution in [0.1, 0.15) is 71.1 Å². The van der Waals surface area contributed by atoms with Gasteiger partial charge in [0.1, 0.15) is 0 Å². The number of hydrogen-bond donors (Lipinski definition) is 1. The van der Waals surface area contributed by atoms with Gasteiger partial charge in [0.2, 0.25) is 5.91 Å². The summed E-state index contributed by atoms with van der Waals surface area (Å²) >= 11 is 0. The monoisotopic (exact) mass is 319 g/mol. The average Bonchev–Trinajstić information content (AvgIpc) is 3.06. The minimum absolute atomic E-state index is 0.156. The van der Waals surface area contributed by atoms with E-state index in [2.05, 4.69) is 24.0 Å². The number of unbranched alkanes of at least 4 members (excludes halogenated alkanes) is 7. The van der Waals surface area contributed by atoms with Gasteiger partial charge in [-0.2, -0.15) is 0 Å². The number of amides is 1. The van der Waals surface area contributed by atoms with Crippen LogP contribution in [-0.2, 0) is 9.53 Å². The zero-order chi connectivity index (χ0) is 16.6. The Morgan fingerprint density at radius 1 is 1.09 bits per heavy atom. The van der Waals surface area contributed by atoms with E-state index in [0.717, 1.165) is 12.8 Å². The number of rotatable bonds is 15. The Morgan fingerprint density at radius 3 is 2.52 bits per heavy atom. The Bertz CT molecular complexity index is 406. The van der Waals surface area contributed by atoms with Crippen LogP contribution in [0.5, 0.6) is 0 Å². The molecule has 0 saturated carbocycles. The third-order valence-corrected chi connectivity index (χ3v) is 4.00. The van der Waals surface area contributed by atoms with Crippen molar-refractivity contribution in [2.24, 2.45) is 0 Å². The van der Waals surface area contributed by atoms with Gasteiger partial charge >= 0.3 is 0 Å². The van der Waals surface area contributed by atoms with Gasteiger partial charge < -0.3 is 10.1 Å². The second kappa shape index (κ2) is 14.3. The molecule has 0 radical (unpaired) electrons. The predicted octanol–water partition coefficient (Wildman–Crippen LogP) is 4.69. The maximum atomic E-state index is 11.7. The molecular formula is C20H33NO2. The fraction of sp³-hybridized carbons (Fsp3) is 0.700. The first-order valence-corrected chi connectivity index (χ1v) is 9.29. The van der Waals surface area contributed by atoms with E-state index in [-0.39, 0.29) is 5.91 Å². The van der Waals surface area contributed by atoms with Crippen molar-refractivity contribution >= 4 is 5.91 Å². The fourth-order valence-electron chi connectivity index (χ4n) is 2.58. The number of allylic oxidation sites excluding steroid dienone is 2. The summed E-state index contributed by atoms with van der Waals surface area (Å²) in [6.45, 7) is 4.13. The highest BCUT2D eigenvalue weighted by molar-refractivity contribution is 5.75. The van der Waals surface area contributed by atoms with Crippen LogP contribution in [0.15, 0.2) is 29.5 Å². The molecule has 0 bridgehead atoms. The molecule has 23 heavy (non-hydrogen) atoms. The summed E-state index contributed by atoms with van der Waals surface area (Å²) in [6.07, 6.45) is 17.6. The largest absolute Gasteiger partial charge is 0.379 e. The minimum atomic E-state index is 0.156. The summed E-state index contributed by atoms with van der Waals surface area (Å²) < 4.78 is 5.51. The van der Waals surface area contributed by atoms with Gasteiger partial charge in [-0.1, -0.05) is 64.0 Å². The lowest BCUT2D eigenvalue weighted by Crippen LogP contribution is -2.27. The Hall–Kier alpha value is -1.31. The number of carbonyl (C=O) groups is 1. The zero-order valence-corrected chi connectivity index (χ0v) is 14.7. The molecule has 1 amide bonds. The second-order valence-corrected chi connectivity index (χ2v) is 6.13. The number of carbonyl (C=O) groups excluding carboxylic acids is 1. The van der Waals surface area contributed by atoms with Crippen LogP contribution in [0.25, 0.3) is 0 Å². The zero-order valence-electron chi connectivity index (χ0n) is 14.7. The standard InChI is InChI=1S/C20H33NO2/c1-2-3-4-5-6-7-8-9-14-20(22)21-16-18-23-17-15-19-12-10-11-13-19/h10-12H,2-9,14-18H2,1H3,(H,21,22). The molecule has 0 atom stereocenters. The first kappa shape index (κ1) is 19.7. The summed E-state index contributed by atoms with van der Waals surface area (Å²) in [5.41, 5.74) is 4.33. The van der Waals surface area contributed by atoms with Crippen LogP contribution in [-0.4, -0.2) is 25.7 Å². The molecule has 0 aliphatic heterocycles. The van der Waals surface area contributed by atoms with Crippen molar-refractivity contribution in [3.63, 3.8) is 0 Å². The quantitative estimate of drug-likeness (QED) is 0.351. The average molecular weight is 319 g/mol. The molecule has 1 aliphatic carbocycles. The third kappa shape index (κ3) is 11.9. The maximum Gasteiger partial charge on any atom is 0.220 e. The molecule has 0 unspecified atom stereocenters. The highest BCUT2D eigenvalue weighted by atomic mass is 16.5. The highest BCUT2D eigenvalue weighted by Gasteiger charge is 2.01. The van der Waals surface area contributed by atoms with Crippen molar-refractivity contribution < 1.29 is 9.53 Å². The van der Waals surface area contributed by atoms with Gasteiger partial charge in [-0.15, -0.1) is 5.73 Å². The molecule has 3 nitrogen and oxygen atoms in total. The van der Waals surface area contributed by atoms with Crippen molar-refractivity contribution in [1.29, 1.82) is 0 Å². The smallest absolute Gasteiger partial charge is 0.220 e. The molecule has 130 valence electrons. The number of nitrogens with one attached hydrogen (secondary N) is 1. The molecule has 0 aromatic heterocycles. The summed E-state index contributed by atoms with van der Waals surface area (Å²) in [5, 5.41) is 2.92. The van der Waals surface area contributed by atoms with Crippen LogP contribution in [0, 0.1) is 0 Å². The molecule has 0 aromatic rings. The van der Waals surface area contributed by atoms with Crippen molar-refractivity contribution in [3.05, 3.63) is 29.5 Å². The lowest BCUT2D eigenvalue weighted by atomic mass is 10.1. The van der Waals surface area contributed by atoms with E-state index in [9.17, 15) is 4.79 Å². The molecule has 0 aromatic carbocycles. The summed E-state index contributed by atoms with van der Waals surface area (Å²) in [6, 6.07) is 0. The topological polar surface area (TPSA) is 38.3 Å². The van der Waals surface area contributed by atoms with Gasteiger partial charge in [0.05, 0.1) is 13.2 Å². The predicted molar refractivity (Wildman–Crippen MR) is 96.4 cm³/mol. The third-order valence-electron chi connectivity index (χ3n) is 4.00. The first-order chi connectivity index (χ1) is 11.3. The van der Waals surface area contributed by atoms with Crippen molar-refractivity contribution in [2.75, 3.05) is 19.8 Å². The molecule has 3 heteroatoms. The van der Waals surface area contributed by atoms with Crippen LogP contribution in [0.3, 0.4) is 0 Å². The van der Waals surface area contributed by atoms with Crippen molar-refractivity contribution in [3.8, 4) is 0 Å². The Morgan fingerprint density at radius 2 is 1.83 bits per heavy atom. The van der Waals surface area contributed by atoms with E-state index >= 15 is 0 Å². The molecule has 0 fully saturated rings. The van der Waals surface area contributed by atoms with Crippen LogP contribution < -0.4 is 5.32 Å². The summed E-state index contributed by atoms with van der Waals surface area (Å²) in [7, 11) is 0. The van der Waals surface area contributed by atoms with E-state index < -0.39 is 0 Å². The first-order valence-electron chi connectivity index (χ1n) is 9.29. The SMILES string of the molecule is CCCCCCCCCCC(=O)NCCOCCC1=C=CC=C1. The van der Waals surface area contributed by atoms with E-state index in [4.69, 9.17) is 4.74 Å². The summed E-state index contributed by atoms with van der Waals surface area (Å²) in [4.78, 5) is 11.7. The Labute approximate surface area is 141 Å². The fourth-order valence-corrected chi connectivity index (χ4v) is 2.58. The van der Waals surface area contributed by atoms with Crippen molar-refractivity contribution in [1.82, 2.24) is 5.32 Å². The van der Waals surface area contributed by atoms with Gasteiger partial charge in [0.15, 0.2) is 0 Å². The number of ether oxygens (including phenoxy) is 1.